The molecule has 3 nitrogen and oxygen atoms in total. The maximum atomic E-state index is 13.7. The minimum atomic E-state index is -0.456. The van der Waals surface area contributed by atoms with Crippen molar-refractivity contribution < 1.29 is 4.39 Å². The fourth-order valence-electron chi connectivity index (χ4n) is 2.27. The number of hydrogen-bond acceptors (Lipinski definition) is 3. The van der Waals surface area contributed by atoms with E-state index in [1.54, 1.807) is 11.3 Å². The lowest BCUT2D eigenvalue weighted by Gasteiger charge is -2.07. The van der Waals surface area contributed by atoms with Gasteiger partial charge in [-0.05, 0) is 29.5 Å². The Labute approximate surface area is 124 Å². The topological polar surface area (TPSA) is 43.8 Å². The normalized spacial score (nSPS) is 11.3. The molecule has 2 N–H and O–H groups in total. The minimum absolute atomic E-state index is 0.0625. The summed E-state index contributed by atoms with van der Waals surface area (Å²) in [5, 5.41) is 2.12. The van der Waals surface area contributed by atoms with Crippen LogP contribution in [0.1, 0.15) is 17.4 Å². The second-order valence-corrected chi connectivity index (χ2v) is 5.94. The smallest absolute Gasteiger partial charge is 0.201 e. The van der Waals surface area contributed by atoms with Crippen LogP contribution in [-0.2, 0) is 13.0 Å². The van der Waals surface area contributed by atoms with E-state index in [1.165, 1.54) is 22.6 Å². The van der Waals surface area contributed by atoms with E-state index in [4.69, 9.17) is 17.3 Å². The number of aryl methyl sites for hydroxylation is 1. The first-order chi connectivity index (χ1) is 9.60. The SMILES string of the molecule is CCc1ccsc1Cn1c(N)nc2cc(Cl)c(F)cc21. The highest BCUT2D eigenvalue weighted by Crippen LogP contribution is 2.27. The van der Waals surface area contributed by atoms with Crippen molar-refractivity contribution in [3.8, 4) is 0 Å². The van der Waals surface area contributed by atoms with Gasteiger partial charge >= 0.3 is 0 Å². The number of halogens is 2. The molecule has 0 aliphatic heterocycles. The molecule has 3 aromatic rings. The number of benzene rings is 1. The van der Waals surface area contributed by atoms with Crippen LogP contribution in [0.4, 0.5) is 10.3 Å². The van der Waals surface area contributed by atoms with Gasteiger partial charge in [0.25, 0.3) is 0 Å². The van der Waals surface area contributed by atoms with Crippen molar-refractivity contribution in [2.75, 3.05) is 5.73 Å². The van der Waals surface area contributed by atoms with Crippen molar-refractivity contribution in [3.63, 3.8) is 0 Å². The predicted molar refractivity (Wildman–Crippen MR) is 81.9 cm³/mol. The Morgan fingerprint density at radius 1 is 1.45 bits per heavy atom. The largest absolute Gasteiger partial charge is 0.369 e. The van der Waals surface area contributed by atoms with E-state index < -0.39 is 5.82 Å². The summed E-state index contributed by atoms with van der Waals surface area (Å²) in [7, 11) is 0. The molecular weight excluding hydrogens is 297 g/mol. The van der Waals surface area contributed by atoms with Gasteiger partial charge in [0, 0.05) is 10.9 Å². The third-order valence-corrected chi connectivity index (χ3v) is 4.58. The van der Waals surface area contributed by atoms with Gasteiger partial charge in [-0.15, -0.1) is 11.3 Å². The second-order valence-electron chi connectivity index (χ2n) is 4.53. The van der Waals surface area contributed by atoms with Gasteiger partial charge in [-0.25, -0.2) is 9.37 Å². The summed E-state index contributed by atoms with van der Waals surface area (Å²) >= 11 is 7.45. The number of nitrogens with two attached hydrogens (primary N) is 1. The summed E-state index contributed by atoms with van der Waals surface area (Å²) in [5.41, 5.74) is 8.52. The van der Waals surface area contributed by atoms with Gasteiger partial charge in [0.2, 0.25) is 5.95 Å². The molecule has 0 fully saturated rings. The van der Waals surface area contributed by atoms with E-state index in [0.717, 1.165) is 6.42 Å². The number of rotatable bonds is 3. The summed E-state index contributed by atoms with van der Waals surface area (Å²) in [5.74, 6) is -0.0840. The number of hydrogen-bond donors (Lipinski definition) is 1. The van der Waals surface area contributed by atoms with Crippen molar-refractivity contribution in [2.24, 2.45) is 0 Å². The fraction of sp³-hybridized carbons (Fsp3) is 0.214. The van der Waals surface area contributed by atoms with Crippen LogP contribution in [-0.4, -0.2) is 9.55 Å². The molecule has 0 radical (unpaired) electrons. The van der Waals surface area contributed by atoms with Crippen molar-refractivity contribution >= 4 is 39.9 Å². The number of aromatic nitrogens is 2. The molecule has 0 aliphatic rings. The van der Waals surface area contributed by atoms with Crippen LogP contribution in [0.3, 0.4) is 0 Å². The molecule has 1 aromatic carbocycles. The minimum Gasteiger partial charge on any atom is -0.369 e. The van der Waals surface area contributed by atoms with E-state index in [1.807, 2.05) is 4.57 Å². The van der Waals surface area contributed by atoms with Crippen molar-refractivity contribution in [1.29, 1.82) is 0 Å². The Kier molecular flexibility index (Phi) is 3.40. The molecule has 0 aliphatic carbocycles. The summed E-state index contributed by atoms with van der Waals surface area (Å²) in [4.78, 5) is 5.46. The monoisotopic (exact) mass is 309 g/mol. The standard InChI is InChI=1S/C14H13ClFN3S/c1-2-8-3-4-20-13(8)7-19-12-6-10(16)9(15)5-11(12)18-14(19)17/h3-6H,2,7H2,1H3,(H2,17,18). The molecule has 6 heteroatoms. The molecule has 104 valence electrons. The van der Waals surface area contributed by atoms with Gasteiger partial charge < -0.3 is 10.3 Å². The lowest BCUT2D eigenvalue weighted by molar-refractivity contribution is 0.629. The fourth-order valence-corrected chi connectivity index (χ4v) is 3.39. The molecular formula is C14H13ClFN3S. The molecule has 20 heavy (non-hydrogen) atoms. The Bertz CT molecular complexity index is 778. The summed E-state index contributed by atoms with van der Waals surface area (Å²) in [6.07, 6.45) is 0.964. The van der Waals surface area contributed by atoms with Crippen LogP contribution in [0.5, 0.6) is 0 Å². The van der Waals surface area contributed by atoms with Crippen LogP contribution in [0.15, 0.2) is 23.6 Å². The zero-order valence-corrected chi connectivity index (χ0v) is 12.4. The number of anilines is 1. The van der Waals surface area contributed by atoms with E-state index in [9.17, 15) is 4.39 Å². The molecule has 0 saturated heterocycles. The first-order valence-electron chi connectivity index (χ1n) is 6.26. The molecule has 0 saturated carbocycles. The average Bonchev–Trinajstić information content (AvgIpc) is 2.97. The van der Waals surface area contributed by atoms with Crippen molar-refractivity contribution in [2.45, 2.75) is 19.9 Å². The van der Waals surface area contributed by atoms with Crippen molar-refractivity contribution in [1.82, 2.24) is 9.55 Å². The highest BCUT2D eigenvalue weighted by molar-refractivity contribution is 7.10. The lowest BCUT2D eigenvalue weighted by Crippen LogP contribution is -2.04. The van der Waals surface area contributed by atoms with Crippen LogP contribution in [0.25, 0.3) is 11.0 Å². The molecule has 0 unspecified atom stereocenters. The maximum absolute atomic E-state index is 13.7. The number of nitrogen functional groups attached to an aromatic ring is 1. The van der Waals surface area contributed by atoms with E-state index in [2.05, 4.69) is 23.4 Å². The van der Waals surface area contributed by atoms with Gasteiger partial charge in [0.05, 0.1) is 22.6 Å². The number of nitrogens with zero attached hydrogens (tertiary/aromatic N) is 2. The Hall–Kier alpha value is -1.59. The van der Waals surface area contributed by atoms with Crippen LogP contribution in [0, 0.1) is 5.82 Å². The highest BCUT2D eigenvalue weighted by atomic mass is 35.5. The molecule has 3 rings (SSSR count). The van der Waals surface area contributed by atoms with E-state index in [0.29, 0.717) is 23.5 Å². The third kappa shape index (κ3) is 2.17. The predicted octanol–water partition coefficient (Wildman–Crippen LogP) is 4.08. The van der Waals surface area contributed by atoms with Gasteiger partial charge in [-0.1, -0.05) is 18.5 Å². The van der Waals surface area contributed by atoms with Crippen LogP contribution < -0.4 is 5.73 Å². The van der Waals surface area contributed by atoms with Gasteiger partial charge in [0.1, 0.15) is 5.82 Å². The van der Waals surface area contributed by atoms with Gasteiger partial charge in [-0.2, -0.15) is 0 Å². The Morgan fingerprint density at radius 2 is 2.25 bits per heavy atom. The average molecular weight is 310 g/mol. The molecule has 0 bridgehead atoms. The number of fused-ring (bicyclic) bond motifs is 1. The zero-order valence-electron chi connectivity index (χ0n) is 10.9. The zero-order chi connectivity index (χ0) is 14.3. The summed E-state index contributed by atoms with van der Waals surface area (Å²) in [6, 6.07) is 5.00. The summed E-state index contributed by atoms with van der Waals surface area (Å²) in [6.45, 7) is 2.71. The van der Waals surface area contributed by atoms with Gasteiger partial charge in [0.15, 0.2) is 0 Å². The third-order valence-electron chi connectivity index (χ3n) is 3.34. The first kappa shape index (κ1) is 13.4. The van der Waals surface area contributed by atoms with E-state index >= 15 is 0 Å². The number of imidazole rings is 1. The Morgan fingerprint density at radius 3 is 3.00 bits per heavy atom. The van der Waals surface area contributed by atoms with Crippen molar-refractivity contribution in [3.05, 3.63) is 44.9 Å². The Balaban J connectivity index is 2.11. The molecule has 0 atom stereocenters. The molecule has 2 aromatic heterocycles. The second kappa shape index (κ2) is 5.07. The van der Waals surface area contributed by atoms with Crippen LogP contribution >= 0.6 is 22.9 Å². The quantitative estimate of drug-likeness (QED) is 0.792. The maximum Gasteiger partial charge on any atom is 0.201 e. The van der Waals surface area contributed by atoms with E-state index in [-0.39, 0.29) is 5.02 Å². The van der Waals surface area contributed by atoms with Crippen LogP contribution in [0.2, 0.25) is 5.02 Å². The molecule has 0 spiro atoms. The highest BCUT2D eigenvalue weighted by Gasteiger charge is 2.13. The number of thiophene rings is 1. The molecule has 2 heterocycles. The lowest BCUT2D eigenvalue weighted by atomic mass is 10.2. The summed E-state index contributed by atoms with van der Waals surface area (Å²) < 4.78 is 15.5. The van der Waals surface area contributed by atoms with Gasteiger partial charge in [-0.3, -0.25) is 0 Å². The molecule has 0 amide bonds. The first-order valence-corrected chi connectivity index (χ1v) is 7.52.